The lowest BCUT2D eigenvalue weighted by atomic mass is 9.95. The van der Waals surface area contributed by atoms with Crippen LogP contribution in [0.5, 0.6) is 5.75 Å². The molecule has 2 fully saturated rings. The highest BCUT2D eigenvalue weighted by Crippen LogP contribution is 2.36. The summed E-state index contributed by atoms with van der Waals surface area (Å²) in [6.07, 6.45) is 5.97. The SMILES string of the molecule is COc1ccc2cc(C(c3nnnn3C3CCCCC3)N3CCN(C)CC3)c3nnnn3c2c1. The van der Waals surface area contributed by atoms with Crippen molar-refractivity contribution in [1.82, 2.24) is 50.0 Å². The number of nitrogens with zero attached hydrogens (tertiary/aromatic N) is 10. The van der Waals surface area contributed by atoms with E-state index in [1.807, 2.05) is 16.6 Å². The number of aromatic nitrogens is 8. The molecule has 1 aliphatic heterocycles. The first-order valence-corrected chi connectivity index (χ1v) is 12.1. The first-order chi connectivity index (χ1) is 16.7. The van der Waals surface area contributed by atoms with Gasteiger partial charge in [-0.25, -0.2) is 4.68 Å². The van der Waals surface area contributed by atoms with Crippen LogP contribution in [0.3, 0.4) is 0 Å². The second-order valence-electron chi connectivity index (χ2n) is 9.45. The summed E-state index contributed by atoms with van der Waals surface area (Å²) in [5.74, 6) is 1.66. The number of hydrogen-bond acceptors (Lipinski definition) is 9. The van der Waals surface area contributed by atoms with Gasteiger partial charge in [-0.05, 0) is 58.9 Å². The summed E-state index contributed by atoms with van der Waals surface area (Å²) in [6, 6.07) is 8.41. The van der Waals surface area contributed by atoms with E-state index in [0.29, 0.717) is 6.04 Å². The summed E-state index contributed by atoms with van der Waals surface area (Å²) < 4.78 is 9.34. The van der Waals surface area contributed by atoms with Crippen LogP contribution in [0.15, 0.2) is 24.3 Å². The van der Waals surface area contributed by atoms with Crippen molar-refractivity contribution >= 4 is 16.6 Å². The van der Waals surface area contributed by atoms with Crippen molar-refractivity contribution < 1.29 is 4.74 Å². The van der Waals surface area contributed by atoms with Crippen LogP contribution in [-0.4, -0.2) is 90.4 Å². The van der Waals surface area contributed by atoms with Crippen molar-refractivity contribution in [3.8, 4) is 5.75 Å². The van der Waals surface area contributed by atoms with Crippen molar-refractivity contribution in [2.45, 2.75) is 44.2 Å². The van der Waals surface area contributed by atoms with Crippen LogP contribution in [0.25, 0.3) is 16.6 Å². The number of likely N-dealkylation sites (N-methyl/N-ethyl adjacent to an activating group) is 1. The maximum absolute atomic E-state index is 5.45. The molecule has 6 rings (SSSR count). The summed E-state index contributed by atoms with van der Waals surface area (Å²) in [7, 11) is 3.84. The normalized spacial score (nSPS) is 19.7. The maximum atomic E-state index is 5.45. The van der Waals surface area contributed by atoms with Crippen molar-refractivity contribution in [2.24, 2.45) is 0 Å². The fourth-order valence-electron chi connectivity index (χ4n) is 5.46. The first kappa shape index (κ1) is 21.4. The van der Waals surface area contributed by atoms with E-state index in [-0.39, 0.29) is 6.04 Å². The molecule has 1 atom stereocenters. The molecule has 4 aromatic rings. The number of pyridine rings is 1. The van der Waals surface area contributed by atoms with Gasteiger partial charge in [-0.2, -0.15) is 4.52 Å². The van der Waals surface area contributed by atoms with Gasteiger partial charge in [-0.1, -0.05) is 19.3 Å². The molecule has 2 aliphatic rings. The Bertz CT molecular complexity index is 1290. The highest BCUT2D eigenvalue weighted by Gasteiger charge is 2.34. The zero-order valence-corrected chi connectivity index (χ0v) is 19.7. The van der Waals surface area contributed by atoms with Crippen LogP contribution in [0.4, 0.5) is 0 Å². The van der Waals surface area contributed by atoms with E-state index in [1.165, 1.54) is 19.3 Å². The molecule has 178 valence electrons. The molecule has 34 heavy (non-hydrogen) atoms. The molecule has 1 saturated carbocycles. The summed E-state index contributed by atoms with van der Waals surface area (Å²) in [5.41, 5.74) is 2.66. The molecule has 0 radical (unpaired) electrons. The van der Waals surface area contributed by atoms with Gasteiger partial charge in [0.05, 0.1) is 18.7 Å². The van der Waals surface area contributed by atoms with E-state index >= 15 is 0 Å². The lowest BCUT2D eigenvalue weighted by molar-refractivity contribution is 0.120. The van der Waals surface area contributed by atoms with Gasteiger partial charge in [-0.3, -0.25) is 4.90 Å². The summed E-state index contributed by atoms with van der Waals surface area (Å²) in [5, 5.41) is 27.1. The number of hydrogen-bond donors (Lipinski definition) is 0. The van der Waals surface area contributed by atoms with Gasteiger partial charge in [0.15, 0.2) is 11.5 Å². The van der Waals surface area contributed by atoms with Gasteiger partial charge in [-0.15, -0.1) is 10.2 Å². The average molecular weight is 463 g/mol. The summed E-state index contributed by atoms with van der Waals surface area (Å²) >= 11 is 0. The summed E-state index contributed by atoms with van der Waals surface area (Å²) in [4.78, 5) is 4.84. The lowest BCUT2D eigenvalue weighted by Gasteiger charge is -2.38. The van der Waals surface area contributed by atoms with Gasteiger partial charge in [0.25, 0.3) is 0 Å². The fraction of sp³-hybridized carbons (Fsp3) is 0.565. The number of piperazine rings is 1. The predicted molar refractivity (Wildman–Crippen MR) is 126 cm³/mol. The van der Waals surface area contributed by atoms with Crippen LogP contribution < -0.4 is 4.74 Å². The van der Waals surface area contributed by atoms with E-state index in [0.717, 1.165) is 72.7 Å². The lowest BCUT2D eigenvalue weighted by Crippen LogP contribution is -2.47. The molecule has 11 nitrogen and oxygen atoms in total. The predicted octanol–water partition coefficient (Wildman–Crippen LogP) is 2.11. The molecule has 1 aromatic carbocycles. The van der Waals surface area contributed by atoms with E-state index < -0.39 is 0 Å². The zero-order valence-electron chi connectivity index (χ0n) is 19.7. The van der Waals surface area contributed by atoms with E-state index in [2.05, 4.69) is 64.7 Å². The molecule has 0 spiro atoms. The van der Waals surface area contributed by atoms with Crippen LogP contribution in [0, 0.1) is 0 Å². The van der Waals surface area contributed by atoms with Crippen molar-refractivity contribution in [3.05, 3.63) is 35.7 Å². The highest BCUT2D eigenvalue weighted by molar-refractivity contribution is 5.84. The molecule has 0 amide bonds. The standard InChI is InChI=1S/C23H30N10O/c1-30-10-12-31(13-11-30)21(23-25-27-28-32(23)17-6-4-3-5-7-17)19-14-16-8-9-18(34-2)15-20(16)33-22(19)24-26-29-33/h8-9,14-15,17,21H,3-7,10-13H2,1-2H3. The van der Waals surface area contributed by atoms with Crippen LogP contribution in [0.2, 0.25) is 0 Å². The second kappa shape index (κ2) is 8.88. The Morgan fingerprint density at radius 1 is 0.941 bits per heavy atom. The number of rotatable bonds is 5. The fourth-order valence-corrected chi connectivity index (χ4v) is 5.46. The molecule has 4 heterocycles. The molecule has 0 N–H and O–H groups in total. The maximum Gasteiger partial charge on any atom is 0.185 e. The molecular formula is C23H30N10O. The minimum atomic E-state index is -0.134. The van der Waals surface area contributed by atoms with Crippen molar-refractivity contribution in [1.29, 1.82) is 0 Å². The molecule has 11 heteroatoms. The highest BCUT2D eigenvalue weighted by atomic mass is 16.5. The third-order valence-electron chi connectivity index (χ3n) is 7.39. The smallest absolute Gasteiger partial charge is 0.185 e. The van der Waals surface area contributed by atoms with Gasteiger partial charge >= 0.3 is 0 Å². The minimum absolute atomic E-state index is 0.134. The molecule has 0 bridgehead atoms. The number of tetrazole rings is 2. The third-order valence-corrected chi connectivity index (χ3v) is 7.39. The molecule has 1 saturated heterocycles. The quantitative estimate of drug-likeness (QED) is 0.441. The minimum Gasteiger partial charge on any atom is -0.497 e. The first-order valence-electron chi connectivity index (χ1n) is 12.1. The number of fused-ring (bicyclic) bond motifs is 3. The van der Waals surface area contributed by atoms with Crippen LogP contribution >= 0.6 is 0 Å². The van der Waals surface area contributed by atoms with Crippen molar-refractivity contribution in [2.75, 3.05) is 40.3 Å². The van der Waals surface area contributed by atoms with Gasteiger partial charge in [0.2, 0.25) is 0 Å². The second-order valence-corrected chi connectivity index (χ2v) is 9.45. The summed E-state index contributed by atoms with van der Waals surface area (Å²) in [6.45, 7) is 3.83. The Kier molecular flexibility index (Phi) is 5.58. The van der Waals surface area contributed by atoms with Gasteiger partial charge in [0, 0.05) is 43.2 Å². The Morgan fingerprint density at radius 3 is 2.53 bits per heavy atom. The number of ether oxygens (including phenoxy) is 1. The topological polar surface area (TPSA) is 102 Å². The van der Waals surface area contributed by atoms with E-state index in [1.54, 1.807) is 7.11 Å². The molecule has 3 aromatic heterocycles. The Balaban J connectivity index is 1.53. The van der Waals surface area contributed by atoms with Crippen LogP contribution in [0.1, 0.15) is 55.6 Å². The van der Waals surface area contributed by atoms with E-state index in [4.69, 9.17) is 4.74 Å². The van der Waals surface area contributed by atoms with E-state index in [9.17, 15) is 0 Å². The third kappa shape index (κ3) is 3.68. The molecule has 1 unspecified atom stereocenters. The van der Waals surface area contributed by atoms with Gasteiger partial charge in [0.1, 0.15) is 11.8 Å². The number of methoxy groups -OCH3 is 1. The monoisotopic (exact) mass is 462 g/mol. The number of benzene rings is 1. The largest absolute Gasteiger partial charge is 0.497 e. The van der Waals surface area contributed by atoms with Crippen molar-refractivity contribution in [3.63, 3.8) is 0 Å². The Labute approximate surface area is 197 Å². The Morgan fingerprint density at radius 2 is 1.74 bits per heavy atom. The van der Waals surface area contributed by atoms with Gasteiger partial charge < -0.3 is 9.64 Å². The average Bonchev–Trinajstić information content (AvgIpc) is 3.56. The molecule has 1 aliphatic carbocycles. The zero-order chi connectivity index (χ0) is 23.1. The van der Waals surface area contributed by atoms with Crippen LogP contribution in [-0.2, 0) is 0 Å². The Hall–Kier alpha value is -3.18. The molecular weight excluding hydrogens is 432 g/mol.